The molecule has 3 aromatic rings. The number of amides is 1. The minimum atomic E-state index is -0.446. The van der Waals surface area contributed by atoms with E-state index in [1.165, 1.54) is 11.5 Å². The van der Waals surface area contributed by atoms with E-state index in [0.717, 1.165) is 28.3 Å². The van der Waals surface area contributed by atoms with Gasteiger partial charge in [0, 0.05) is 25.4 Å². The van der Waals surface area contributed by atoms with Gasteiger partial charge >= 0.3 is 0 Å². The van der Waals surface area contributed by atoms with E-state index < -0.39 is 5.91 Å². The lowest BCUT2D eigenvalue weighted by atomic mass is 10.1. The molecule has 1 fully saturated rings. The molecular weight excluding hydrogens is 354 g/mol. The molecule has 0 unspecified atom stereocenters. The largest absolute Gasteiger partial charge is 0.377 e. The van der Waals surface area contributed by atoms with Gasteiger partial charge in [-0.3, -0.25) is 14.9 Å². The highest BCUT2D eigenvalue weighted by molar-refractivity contribution is 7.13. The zero-order valence-electron chi connectivity index (χ0n) is 14.5. The summed E-state index contributed by atoms with van der Waals surface area (Å²) >= 11 is 1.23. The van der Waals surface area contributed by atoms with Gasteiger partial charge in [0.2, 0.25) is 0 Å². The fourth-order valence-electron chi connectivity index (χ4n) is 3.17. The number of morpholine rings is 1. The van der Waals surface area contributed by atoms with E-state index in [-0.39, 0.29) is 11.7 Å². The smallest absolute Gasteiger partial charge is 0.287 e. The molecule has 10 heteroatoms. The Balaban J connectivity index is 1.95. The number of aromatic nitrogens is 4. The number of nitrogens with one attached hydrogen (secondary N) is 1. The third kappa shape index (κ3) is 2.71. The van der Waals surface area contributed by atoms with E-state index in [9.17, 15) is 4.79 Å². The summed E-state index contributed by atoms with van der Waals surface area (Å²) < 4.78 is 12.4. The number of fused-ring (bicyclic) bond motifs is 1. The van der Waals surface area contributed by atoms with Crippen LogP contribution in [0.4, 0.5) is 5.82 Å². The molecule has 3 N–H and O–H groups in total. The molecule has 1 saturated heterocycles. The van der Waals surface area contributed by atoms with Crippen molar-refractivity contribution in [3.63, 3.8) is 0 Å². The maximum Gasteiger partial charge on any atom is 0.287 e. The molecule has 1 atom stereocenters. The molecule has 0 aromatic carbocycles. The van der Waals surface area contributed by atoms with E-state index in [2.05, 4.69) is 26.7 Å². The minimum absolute atomic E-state index is 0.166. The van der Waals surface area contributed by atoms with E-state index >= 15 is 0 Å². The van der Waals surface area contributed by atoms with Crippen LogP contribution < -0.4 is 16.2 Å². The van der Waals surface area contributed by atoms with Crippen molar-refractivity contribution in [3.8, 4) is 11.3 Å². The lowest BCUT2D eigenvalue weighted by Crippen LogP contribution is -2.44. The third-order valence-corrected chi connectivity index (χ3v) is 5.29. The number of anilines is 1. The summed E-state index contributed by atoms with van der Waals surface area (Å²) in [6, 6.07) is 4.13. The Kier molecular flexibility index (Phi) is 4.31. The second kappa shape index (κ2) is 6.63. The number of hydrogen-bond acceptors (Lipinski definition) is 8. The Labute approximate surface area is 153 Å². The van der Waals surface area contributed by atoms with Crippen molar-refractivity contribution in [1.82, 2.24) is 24.6 Å². The number of carbonyl (C=O) groups is 1. The standard InChI is InChI=1S/C16H19N7O2S/c1-9-8-25-6-5-23(9)15-10(11-3-4-18-22(11)2)7-12-13(19-15)14(21-26-12)16(24)20-17/h3-4,7,9H,5-6,8,17H2,1-2H3,(H,20,24)/t9-/m1/s1. The van der Waals surface area contributed by atoms with Crippen LogP contribution in [0.1, 0.15) is 17.4 Å². The highest BCUT2D eigenvalue weighted by Gasteiger charge is 2.26. The summed E-state index contributed by atoms with van der Waals surface area (Å²) in [4.78, 5) is 19.1. The van der Waals surface area contributed by atoms with Crippen LogP contribution in [-0.2, 0) is 11.8 Å². The van der Waals surface area contributed by atoms with Crippen molar-refractivity contribution in [2.45, 2.75) is 13.0 Å². The van der Waals surface area contributed by atoms with Crippen molar-refractivity contribution in [1.29, 1.82) is 0 Å². The Morgan fingerprint density at radius 2 is 2.35 bits per heavy atom. The van der Waals surface area contributed by atoms with Crippen molar-refractivity contribution >= 4 is 33.5 Å². The van der Waals surface area contributed by atoms with E-state index in [1.807, 2.05) is 23.9 Å². The normalized spacial score (nSPS) is 17.7. The number of carbonyl (C=O) groups excluding carboxylic acids is 1. The number of pyridine rings is 1. The van der Waals surface area contributed by atoms with Gasteiger partial charge < -0.3 is 9.64 Å². The summed E-state index contributed by atoms with van der Waals surface area (Å²) in [6.07, 6.45) is 1.76. The number of hydrazine groups is 1. The van der Waals surface area contributed by atoms with Crippen molar-refractivity contribution in [3.05, 3.63) is 24.0 Å². The number of ether oxygens (including phenoxy) is 1. The molecule has 0 aliphatic carbocycles. The van der Waals surface area contributed by atoms with E-state index in [4.69, 9.17) is 15.6 Å². The van der Waals surface area contributed by atoms with Gasteiger partial charge in [-0.2, -0.15) is 9.47 Å². The molecule has 26 heavy (non-hydrogen) atoms. The molecule has 9 nitrogen and oxygen atoms in total. The van der Waals surface area contributed by atoms with Crippen LogP contribution in [0.15, 0.2) is 18.3 Å². The van der Waals surface area contributed by atoms with Gasteiger partial charge in [-0.1, -0.05) is 0 Å². The average molecular weight is 373 g/mol. The Morgan fingerprint density at radius 1 is 1.50 bits per heavy atom. The van der Waals surface area contributed by atoms with Gasteiger partial charge in [-0.05, 0) is 30.6 Å². The molecule has 4 rings (SSSR count). The zero-order chi connectivity index (χ0) is 18.3. The molecule has 0 bridgehead atoms. The van der Waals surface area contributed by atoms with Crippen molar-refractivity contribution in [2.24, 2.45) is 12.9 Å². The maximum absolute atomic E-state index is 12.0. The average Bonchev–Trinajstić information content (AvgIpc) is 3.26. The molecule has 4 heterocycles. The first-order chi connectivity index (χ1) is 12.6. The monoisotopic (exact) mass is 373 g/mol. The summed E-state index contributed by atoms with van der Waals surface area (Å²) in [6.45, 7) is 4.08. The number of nitrogens with two attached hydrogens (primary N) is 1. The molecule has 136 valence electrons. The Hall–Kier alpha value is -2.56. The highest BCUT2D eigenvalue weighted by Crippen LogP contribution is 2.35. The fourth-order valence-corrected chi connectivity index (χ4v) is 3.93. The number of hydrogen-bond donors (Lipinski definition) is 2. The summed E-state index contributed by atoms with van der Waals surface area (Å²) in [5.74, 6) is 5.63. The summed E-state index contributed by atoms with van der Waals surface area (Å²) in [5, 5.41) is 4.28. The van der Waals surface area contributed by atoms with Crippen molar-refractivity contribution < 1.29 is 9.53 Å². The van der Waals surface area contributed by atoms with Crippen LogP contribution in [-0.4, -0.2) is 50.8 Å². The first-order valence-corrected chi connectivity index (χ1v) is 9.01. The van der Waals surface area contributed by atoms with Crippen LogP contribution in [0.3, 0.4) is 0 Å². The SMILES string of the molecule is C[C@@H]1COCCN1c1nc2c(C(=O)NN)nsc2cc1-c1ccnn1C. The quantitative estimate of drug-likeness (QED) is 0.399. The summed E-state index contributed by atoms with van der Waals surface area (Å²) in [5.41, 5.74) is 4.83. The minimum Gasteiger partial charge on any atom is -0.377 e. The van der Waals surface area contributed by atoms with Gasteiger partial charge in [-0.25, -0.2) is 10.8 Å². The van der Waals surface area contributed by atoms with Gasteiger partial charge in [0.05, 0.1) is 29.6 Å². The molecular formula is C16H19N7O2S. The predicted octanol–water partition coefficient (Wildman–Crippen LogP) is 0.920. The van der Waals surface area contributed by atoms with Gasteiger partial charge in [-0.15, -0.1) is 0 Å². The number of aryl methyl sites for hydroxylation is 1. The number of nitrogen functional groups attached to an aromatic ring is 1. The van der Waals surface area contributed by atoms with Crippen LogP contribution in [0.5, 0.6) is 0 Å². The highest BCUT2D eigenvalue weighted by atomic mass is 32.1. The lowest BCUT2D eigenvalue weighted by molar-refractivity contribution is 0.0951. The van der Waals surface area contributed by atoms with Gasteiger partial charge in [0.15, 0.2) is 5.69 Å². The van der Waals surface area contributed by atoms with Gasteiger partial charge in [0.25, 0.3) is 5.91 Å². The van der Waals surface area contributed by atoms with Gasteiger partial charge in [0.1, 0.15) is 11.3 Å². The number of nitrogens with zero attached hydrogens (tertiary/aromatic N) is 5. The zero-order valence-corrected chi connectivity index (χ0v) is 15.3. The maximum atomic E-state index is 12.0. The third-order valence-electron chi connectivity index (χ3n) is 4.51. The van der Waals surface area contributed by atoms with Crippen LogP contribution in [0.25, 0.3) is 21.5 Å². The summed E-state index contributed by atoms with van der Waals surface area (Å²) in [7, 11) is 1.89. The van der Waals surface area contributed by atoms with Crippen LogP contribution in [0, 0.1) is 0 Å². The molecule has 1 aliphatic heterocycles. The predicted molar refractivity (Wildman–Crippen MR) is 98.9 cm³/mol. The molecule has 3 aromatic heterocycles. The molecule has 1 amide bonds. The van der Waals surface area contributed by atoms with Crippen molar-refractivity contribution in [2.75, 3.05) is 24.7 Å². The second-order valence-corrected chi connectivity index (χ2v) is 6.97. The fraction of sp³-hybridized carbons (Fsp3) is 0.375. The molecule has 0 spiro atoms. The molecule has 0 saturated carbocycles. The Bertz CT molecular complexity index is 967. The first-order valence-electron chi connectivity index (χ1n) is 8.24. The molecule has 1 aliphatic rings. The van der Waals surface area contributed by atoms with Crippen LogP contribution in [0.2, 0.25) is 0 Å². The second-order valence-electron chi connectivity index (χ2n) is 6.17. The first kappa shape index (κ1) is 16.9. The number of rotatable bonds is 3. The molecule has 0 radical (unpaired) electrons. The Morgan fingerprint density at radius 3 is 3.04 bits per heavy atom. The van der Waals surface area contributed by atoms with E-state index in [0.29, 0.717) is 18.7 Å². The lowest BCUT2D eigenvalue weighted by Gasteiger charge is -2.35. The van der Waals surface area contributed by atoms with E-state index in [1.54, 1.807) is 6.20 Å². The van der Waals surface area contributed by atoms with Crippen LogP contribution >= 0.6 is 11.5 Å². The topological polar surface area (TPSA) is 111 Å².